The molecule has 1 saturated carbocycles. The van der Waals surface area contributed by atoms with Crippen molar-refractivity contribution in [2.24, 2.45) is 17.8 Å². The van der Waals surface area contributed by atoms with E-state index in [2.05, 4.69) is 15.3 Å². The van der Waals surface area contributed by atoms with Crippen molar-refractivity contribution in [1.29, 1.82) is 0 Å². The van der Waals surface area contributed by atoms with E-state index >= 15 is 0 Å². The Kier molecular flexibility index (Phi) is 4.75. The summed E-state index contributed by atoms with van der Waals surface area (Å²) in [6.07, 6.45) is 1.26. The highest BCUT2D eigenvalue weighted by atomic mass is 16.6. The molecule has 2 aliphatic rings. The number of carbonyl (C=O) groups excluding carboxylic acids is 2. The Morgan fingerprint density at radius 1 is 1.10 bits per heavy atom. The number of nitrogens with zero attached hydrogens (tertiary/aromatic N) is 3. The Bertz CT molecular complexity index is 999. The fourth-order valence-electron chi connectivity index (χ4n) is 4.57. The van der Waals surface area contributed by atoms with Gasteiger partial charge in [-0.05, 0) is 58.9 Å². The lowest BCUT2D eigenvalue weighted by molar-refractivity contribution is -0.125. The fourth-order valence-corrected chi connectivity index (χ4v) is 4.57. The van der Waals surface area contributed by atoms with Crippen LogP contribution in [0.4, 0.5) is 4.79 Å². The number of carbonyl (C=O) groups is 2. The Balaban J connectivity index is 1.43. The molecule has 2 fully saturated rings. The van der Waals surface area contributed by atoms with Crippen LogP contribution in [0.1, 0.15) is 45.9 Å². The first kappa shape index (κ1) is 20.6. The first-order chi connectivity index (χ1) is 14.0. The number of hydrogen-bond acceptors (Lipinski definition) is 5. The number of amides is 2. The number of rotatable bonds is 3. The summed E-state index contributed by atoms with van der Waals surface area (Å²) in [5.74, 6) is 0.381. The molecule has 1 N–H and O–H groups in total. The molecule has 1 aromatic heterocycles. The number of aromatic nitrogens is 2. The van der Waals surface area contributed by atoms with Crippen LogP contribution in [0.3, 0.4) is 0 Å². The third-order valence-electron chi connectivity index (χ3n) is 6.04. The molecule has 1 saturated heterocycles. The predicted molar refractivity (Wildman–Crippen MR) is 114 cm³/mol. The molecule has 0 radical (unpaired) electrons. The molecule has 2 aromatic rings. The molecular weight excluding hydrogens is 380 g/mol. The summed E-state index contributed by atoms with van der Waals surface area (Å²) >= 11 is 0. The van der Waals surface area contributed by atoms with Gasteiger partial charge in [0.25, 0.3) is 0 Å². The molecule has 1 aliphatic carbocycles. The zero-order valence-electron chi connectivity index (χ0n) is 18.5. The molecule has 3 atom stereocenters. The molecule has 1 aliphatic heterocycles. The van der Waals surface area contributed by atoms with Crippen LogP contribution in [-0.2, 0) is 15.1 Å². The quantitative estimate of drug-likeness (QED) is 0.838. The summed E-state index contributed by atoms with van der Waals surface area (Å²) in [5, 5.41) is 4.15. The van der Waals surface area contributed by atoms with Crippen LogP contribution in [0, 0.1) is 24.7 Å². The van der Waals surface area contributed by atoms with Gasteiger partial charge in [0.05, 0.1) is 16.7 Å². The normalized spacial score (nSPS) is 23.3. The maximum atomic E-state index is 13.0. The number of benzene rings is 1. The van der Waals surface area contributed by atoms with Crippen molar-refractivity contribution >= 4 is 22.9 Å². The maximum absolute atomic E-state index is 13.0. The predicted octanol–water partition coefficient (Wildman–Crippen LogP) is 3.40. The van der Waals surface area contributed by atoms with Crippen molar-refractivity contribution in [1.82, 2.24) is 20.2 Å². The SMILES string of the molecule is Cc1cccc2c(C(C)(C)NC(=O)[C@H]3[C@@H]4CN(C(=O)OC(C)(C)C)C[C@@H]43)ncnc12. The lowest BCUT2D eigenvalue weighted by Crippen LogP contribution is -2.44. The van der Waals surface area contributed by atoms with E-state index in [0.29, 0.717) is 13.1 Å². The Hall–Kier alpha value is -2.70. The van der Waals surface area contributed by atoms with Gasteiger partial charge in [-0.3, -0.25) is 4.79 Å². The number of fused-ring (bicyclic) bond motifs is 2. The van der Waals surface area contributed by atoms with Crippen LogP contribution >= 0.6 is 0 Å². The van der Waals surface area contributed by atoms with E-state index in [1.54, 1.807) is 11.2 Å². The van der Waals surface area contributed by atoms with Gasteiger partial charge >= 0.3 is 6.09 Å². The van der Waals surface area contributed by atoms with Crippen molar-refractivity contribution in [2.75, 3.05) is 13.1 Å². The highest BCUT2D eigenvalue weighted by Gasteiger charge is 2.61. The Morgan fingerprint density at radius 3 is 2.40 bits per heavy atom. The summed E-state index contributed by atoms with van der Waals surface area (Å²) in [7, 11) is 0. The van der Waals surface area contributed by atoms with Gasteiger partial charge < -0.3 is 15.0 Å². The van der Waals surface area contributed by atoms with Gasteiger partial charge in [0.1, 0.15) is 11.9 Å². The second kappa shape index (κ2) is 6.93. The molecule has 1 aromatic carbocycles. The average Bonchev–Trinajstić information content (AvgIpc) is 3.14. The number of para-hydroxylation sites is 1. The van der Waals surface area contributed by atoms with Crippen LogP contribution in [0.5, 0.6) is 0 Å². The van der Waals surface area contributed by atoms with Crippen molar-refractivity contribution in [3.63, 3.8) is 0 Å². The molecule has 30 heavy (non-hydrogen) atoms. The molecule has 0 unspecified atom stereocenters. The number of nitrogens with one attached hydrogen (secondary N) is 1. The largest absolute Gasteiger partial charge is 0.444 e. The molecular formula is C23H30N4O3. The van der Waals surface area contributed by atoms with E-state index in [0.717, 1.165) is 22.2 Å². The van der Waals surface area contributed by atoms with Gasteiger partial charge in [0, 0.05) is 24.4 Å². The Labute approximate surface area is 177 Å². The van der Waals surface area contributed by atoms with Crippen molar-refractivity contribution in [2.45, 2.75) is 52.7 Å². The second-order valence-corrected chi connectivity index (χ2v) is 10.0. The number of aryl methyl sites for hydroxylation is 1. The van der Waals surface area contributed by atoms with Gasteiger partial charge in [0.15, 0.2) is 0 Å². The fraction of sp³-hybridized carbons (Fsp3) is 0.565. The van der Waals surface area contributed by atoms with E-state index in [4.69, 9.17) is 4.74 Å². The maximum Gasteiger partial charge on any atom is 0.410 e. The molecule has 4 rings (SSSR count). The number of piperidine rings is 1. The minimum absolute atomic E-state index is 0.0262. The zero-order chi connectivity index (χ0) is 21.8. The third-order valence-corrected chi connectivity index (χ3v) is 6.04. The van der Waals surface area contributed by atoms with Crippen LogP contribution in [0.15, 0.2) is 24.5 Å². The van der Waals surface area contributed by atoms with Gasteiger partial charge in [-0.1, -0.05) is 18.2 Å². The summed E-state index contributed by atoms with van der Waals surface area (Å²) in [6.45, 7) is 12.7. The van der Waals surface area contributed by atoms with Crippen LogP contribution in [-0.4, -0.2) is 45.6 Å². The lowest BCUT2D eigenvalue weighted by Gasteiger charge is -2.28. The molecule has 0 spiro atoms. The van der Waals surface area contributed by atoms with Crippen molar-refractivity contribution in [3.05, 3.63) is 35.8 Å². The van der Waals surface area contributed by atoms with E-state index in [-0.39, 0.29) is 29.8 Å². The van der Waals surface area contributed by atoms with E-state index in [1.807, 2.05) is 59.7 Å². The summed E-state index contributed by atoms with van der Waals surface area (Å²) in [4.78, 5) is 35.9. The van der Waals surface area contributed by atoms with E-state index < -0.39 is 11.1 Å². The molecule has 0 bridgehead atoms. The van der Waals surface area contributed by atoms with E-state index in [9.17, 15) is 9.59 Å². The van der Waals surface area contributed by atoms with Gasteiger partial charge in [-0.2, -0.15) is 0 Å². The second-order valence-electron chi connectivity index (χ2n) is 10.0. The van der Waals surface area contributed by atoms with Crippen LogP contribution < -0.4 is 5.32 Å². The van der Waals surface area contributed by atoms with Gasteiger partial charge in [0.2, 0.25) is 5.91 Å². The van der Waals surface area contributed by atoms with Crippen LogP contribution in [0.2, 0.25) is 0 Å². The summed E-state index contributed by atoms with van der Waals surface area (Å²) in [6, 6.07) is 6.00. The summed E-state index contributed by atoms with van der Waals surface area (Å²) < 4.78 is 5.45. The minimum atomic E-state index is -0.631. The molecule has 2 heterocycles. The number of ether oxygens (including phenoxy) is 1. The highest BCUT2D eigenvalue weighted by molar-refractivity contribution is 5.87. The van der Waals surface area contributed by atoms with Gasteiger partial charge in [-0.25, -0.2) is 14.8 Å². The number of likely N-dealkylation sites (tertiary alicyclic amines) is 1. The smallest absolute Gasteiger partial charge is 0.410 e. The zero-order valence-corrected chi connectivity index (χ0v) is 18.5. The molecule has 7 heteroatoms. The highest BCUT2D eigenvalue weighted by Crippen LogP contribution is 2.52. The standard InChI is InChI=1S/C23H30N4O3/c1-13-8-7-9-14-18(13)24-12-25-19(14)23(5,6)26-20(28)17-15-10-27(11-16(15)17)21(29)30-22(2,3)4/h7-9,12,15-17H,10-11H2,1-6H3,(H,26,28)/t15-,16+,17+. The van der Waals surface area contributed by atoms with Crippen molar-refractivity contribution < 1.29 is 14.3 Å². The molecule has 160 valence electrons. The van der Waals surface area contributed by atoms with Crippen molar-refractivity contribution in [3.8, 4) is 0 Å². The van der Waals surface area contributed by atoms with E-state index in [1.165, 1.54) is 0 Å². The Morgan fingerprint density at radius 2 is 1.77 bits per heavy atom. The topological polar surface area (TPSA) is 84.4 Å². The molecule has 2 amide bonds. The minimum Gasteiger partial charge on any atom is -0.444 e. The first-order valence-electron chi connectivity index (χ1n) is 10.5. The average molecular weight is 411 g/mol. The number of hydrogen-bond donors (Lipinski definition) is 1. The monoisotopic (exact) mass is 410 g/mol. The van der Waals surface area contributed by atoms with Crippen LogP contribution in [0.25, 0.3) is 10.9 Å². The lowest BCUT2D eigenvalue weighted by atomic mass is 9.94. The third kappa shape index (κ3) is 3.73. The summed E-state index contributed by atoms with van der Waals surface area (Å²) in [5.41, 5.74) is 1.65. The molecule has 7 nitrogen and oxygen atoms in total. The first-order valence-corrected chi connectivity index (χ1v) is 10.5. The van der Waals surface area contributed by atoms with Gasteiger partial charge in [-0.15, -0.1) is 0 Å².